The Hall–Kier alpha value is -1.09. The average Bonchev–Trinajstić information content (AvgIpc) is 2.32. The molecule has 1 fully saturated rings. The van der Waals surface area contributed by atoms with Gasteiger partial charge in [-0.2, -0.15) is 0 Å². The molecule has 0 spiro atoms. The van der Waals surface area contributed by atoms with E-state index in [0.717, 1.165) is 30.5 Å². The number of rotatable bonds is 2. The molecule has 2 nitrogen and oxygen atoms in total. The zero-order chi connectivity index (χ0) is 12.4. The van der Waals surface area contributed by atoms with Gasteiger partial charge in [0.2, 0.25) is 0 Å². The van der Waals surface area contributed by atoms with E-state index in [0.29, 0.717) is 4.99 Å². The molecule has 2 unspecified atom stereocenters. The first-order chi connectivity index (χ1) is 8.09. The molecule has 0 aromatic heterocycles. The summed E-state index contributed by atoms with van der Waals surface area (Å²) in [7, 11) is 0. The summed E-state index contributed by atoms with van der Waals surface area (Å²) in [6, 6.07) is 8.19. The maximum atomic E-state index is 5.79. The molecule has 3 heteroatoms. The number of thiocarbonyl (C=S) groups is 1. The number of nitrogens with two attached hydrogens (primary N) is 1. The Kier molecular flexibility index (Phi) is 3.67. The molecule has 2 atom stereocenters. The lowest BCUT2D eigenvalue weighted by Crippen LogP contribution is -2.39. The number of nitrogens with zero attached hydrogens (tertiary/aromatic N) is 1. The van der Waals surface area contributed by atoms with E-state index in [1.54, 1.807) is 0 Å². The highest BCUT2D eigenvalue weighted by Gasteiger charge is 2.24. The molecule has 1 aliphatic rings. The second kappa shape index (κ2) is 5.05. The van der Waals surface area contributed by atoms with Crippen LogP contribution in [0.15, 0.2) is 24.3 Å². The molecule has 1 aliphatic heterocycles. The Morgan fingerprint density at radius 2 is 2.00 bits per heavy atom. The molecule has 1 aromatic rings. The molecule has 1 aromatic carbocycles. The van der Waals surface area contributed by atoms with E-state index >= 15 is 0 Å². The SMILES string of the molecule is CC1CCN(c2ccccc2C(N)=S)CC1C. The summed E-state index contributed by atoms with van der Waals surface area (Å²) in [4.78, 5) is 2.91. The normalized spacial score (nSPS) is 24.7. The summed E-state index contributed by atoms with van der Waals surface area (Å²) in [6.45, 7) is 6.85. The summed E-state index contributed by atoms with van der Waals surface area (Å²) in [5.74, 6) is 1.53. The molecule has 0 aliphatic carbocycles. The van der Waals surface area contributed by atoms with Crippen LogP contribution in [0.25, 0.3) is 0 Å². The number of piperidine rings is 1. The quantitative estimate of drug-likeness (QED) is 0.816. The summed E-state index contributed by atoms with van der Waals surface area (Å²) in [6.07, 6.45) is 1.24. The number of para-hydroxylation sites is 1. The van der Waals surface area contributed by atoms with Crippen LogP contribution in [0.4, 0.5) is 5.69 Å². The van der Waals surface area contributed by atoms with Crippen LogP contribution >= 0.6 is 12.2 Å². The standard InChI is InChI=1S/C14H20N2S/c1-10-7-8-16(9-11(10)2)13-6-4-3-5-12(13)14(15)17/h3-6,10-11H,7-9H2,1-2H3,(H2,15,17). The number of hydrogen-bond donors (Lipinski definition) is 1. The van der Waals surface area contributed by atoms with Crippen LogP contribution in [-0.4, -0.2) is 18.1 Å². The number of anilines is 1. The third-order valence-electron chi connectivity index (χ3n) is 3.84. The van der Waals surface area contributed by atoms with Crippen molar-refractivity contribution < 1.29 is 0 Å². The Balaban J connectivity index is 2.25. The van der Waals surface area contributed by atoms with Gasteiger partial charge in [0.15, 0.2) is 0 Å². The van der Waals surface area contributed by atoms with E-state index in [4.69, 9.17) is 18.0 Å². The Labute approximate surface area is 109 Å². The Morgan fingerprint density at radius 1 is 1.29 bits per heavy atom. The lowest BCUT2D eigenvalue weighted by molar-refractivity contribution is 0.324. The van der Waals surface area contributed by atoms with Crippen molar-refractivity contribution in [1.29, 1.82) is 0 Å². The molecule has 0 bridgehead atoms. The fourth-order valence-electron chi connectivity index (χ4n) is 2.44. The molecule has 2 rings (SSSR count). The van der Waals surface area contributed by atoms with Crippen LogP contribution in [0.3, 0.4) is 0 Å². The summed E-state index contributed by atoms with van der Waals surface area (Å²) in [5.41, 5.74) is 7.99. The summed E-state index contributed by atoms with van der Waals surface area (Å²) in [5, 5.41) is 0. The van der Waals surface area contributed by atoms with Crippen molar-refractivity contribution in [3.63, 3.8) is 0 Å². The smallest absolute Gasteiger partial charge is 0.106 e. The summed E-state index contributed by atoms with van der Waals surface area (Å²) >= 11 is 5.12. The van der Waals surface area contributed by atoms with E-state index < -0.39 is 0 Å². The van der Waals surface area contributed by atoms with Crippen molar-refractivity contribution in [2.45, 2.75) is 20.3 Å². The third kappa shape index (κ3) is 2.60. The van der Waals surface area contributed by atoms with Gasteiger partial charge in [0, 0.05) is 24.3 Å². The van der Waals surface area contributed by atoms with Crippen molar-refractivity contribution in [3.05, 3.63) is 29.8 Å². The van der Waals surface area contributed by atoms with Gasteiger partial charge in [-0.1, -0.05) is 38.2 Å². The van der Waals surface area contributed by atoms with Crippen molar-refractivity contribution in [3.8, 4) is 0 Å². The minimum absolute atomic E-state index is 0.492. The first-order valence-corrected chi connectivity index (χ1v) is 6.64. The lowest BCUT2D eigenvalue weighted by Gasteiger charge is -2.37. The van der Waals surface area contributed by atoms with Gasteiger partial charge in [-0.25, -0.2) is 0 Å². The first kappa shape index (κ1) is 12.4. The van der Waals surface area contributed by atoms with Gasteiger partial charge in [0.1, 0.15) is 4.99 Å². The molecule has 17 heavy (non-hydrogen) atoms. The average molecular weight is 248 g/mol. The van der Waals surface area contributed by atoms with E-state index in [1.165, 1.54) is 12.1 Å². The van der Waals surface area contributed by atoms with Crippen LogP contribution in [0.2, 0.25) is 0 Å². The highest BCUT2D eigenvalue weighted by molar-refractivity contribution is 7.80. The molecular formula is C14H20N2S. The van der Waals surface area contributed by atoms with Crippen LogP contribution < -0.4 is 10.6 Å². The van der Waals surface area contributed by atoms with E-state index in [-0.39, 0.29) is 0 Å². The third-order valence-corrected chi connectivity index (χ3v) is 4.06. The van der Waals surface area contributed by atoms with Crippen molar-refractivity contribution >= 4 is 22.9 Å². The topological polar surface area (TPSA) is 29.3 Å². The zero-order valence-electron chi connectivity index (χ0n) is 10.5. The van der Waals surface area contributed by atoms with Crippen molar-refractivity contribution in [2.75, 3.05) is 18.0 Å². The van der Waals surface area contributed by atoms with Gasteiger partial charge in [0.05, 0.1) is 0 Å². The molecule has 2 N–H and O–H groups in total. The zero-order valence-corrected chi connectivity index (χ0v) is 11.3. The predicted molar refractivity (Wildman–Crippen MR) is 77.5 cm³/mol. The maximum Gasteiger partial charge on any atom is 0.106 e. The fraction of sp³-hybridized carbons (Fsp3) is 0.500. The second-order valence-electron chi connectivity index (χ2n) is 5.07. The van der Waals surface area contributed by atoms with Gasteiger partial charge in [-0.3, -0.25) is 0 Å². The highest BCUT2D eigenvalue weighted by atomic mass is 32.1. The fourth-order valence-corrected chi connectivity index (χ4v) is 2.61. The van der Waals surface area contributed by atoms with Crippen molar-refractivity contribution in [1.82, 2.24) is 0 Å². The molecular weight excluding hydrogens is 228 g/mol. The molecule has 0 radical (unpaired) electrons. The largest absolute Gasteiger partial charge is 0.389 e. The second-order valence-corrected chi connectivity index (χ2v) is 5.51. The lowest BCUT2D eigenvalue weighted by atomic mass is 9.88. The van der Waals surface area contributed by atoms with Gasteiger partial charge in [0.25, 0.3) is 0 Å². The molecule has 92 valence electrons. The molecule has 1 saturated heterocycles. The van der Waals surface area contributed by atoms with Gasteiger partial charge in [-0.15, -0.1) is 0 Å². The first-order valence-electron chi connectivity index (χ1n) is 6.23. The minimum atomic E-state index is 0.492. The monoisotopic (exact) mass is 248 g/mol. The molecule has 1 heterocycles. The molecule has 0 saturated carbocycles. The Bertz CT molecular complexity index is 416. The van der Waals surface area contributed by atoms with E-state index in [2.05, 4.69) is 30.9 Å². The highest BCUT2D eigenvalue weighted by Crippen LogP contribution is 2.29. The van der Waals surface area contributed by atoms with Crippen LogP contribution in [0.1, 0.15) is 25.8 Å². The Morgan fingerprint density at radius 3 is 2.65 bits per heavy atom. The summed E-state index contributed by atoms with van der Waals surface area (Å²) < 4.78 is 0. The van der Waals surface area contributed by atoms with E-state index in [9.17, 15) is 0 Å². The van der Waals surface area contributed by atoms with Gasteiger partial charge in [-0.05, 0) is 30.4 Å². The van der Waals surface area contributed by atoms with Gasteiger partial charge < -0.3 is 10.6 Å². The minimum Gasteiger partial charge on any atom is -0.389 e. The van der Waals surface area contributed by atoms with Crippen LogP contribution in [0, 0.1) is 11.8 Å². The number of benzene rings is 1. The maximum absolute atomic E-state index is 5.79. The number of hydrogen-bond acceptors (Lipinski definition) is 2. The van der Waals surface area contributed by atoms with Crippen LogP contribution in [-0.2, 0) is 0 Å². The van der Waals surface area contributed by atoms with E-state index in [1.807, 2.05) is 12.1 Å². The predicted octanol–water partition coefficient (Wildman–Crippen LogP) is 2.80. The van der Waals surface area contributed by atoms with Gasteiger partial charge >= 0.3 is 0 Å². The van der Waals surface area contributed by atoms with Crippen molar-refractivity contribution in [2.24, 2.45) is 17.6 Å². The molecule has 0 amide bonds. The van der Waals surface area contributed by atoms with Crippen LogP contribution in [0.5, 0.6) is 0 Å².